The van der Waals surface area contributed by atoms with Crippen LogP contribution in [-0.2, 0) is 13.6 Å². The fourth-order valence-electron chi connectivity index (χ4n) is 4.55. The zero-order valence-electron chi connectivity index (χ0n) is 16.9. The molecule has 1 aliphatic carbocycles. The highest BCUT2D eigenvalue weighted by atomic mass is 32.1. The summed E-state index contributed by atoms with van der Waals surface area (Å²) in [4.78, 5) is 0. The van der Waals surface area contributed by atoms with Gasteiger partial charge < -0.3 is 9.88 Å². The van der Waals surface area contributed by atoms with Crippen LogP contribution in [0.5, 0.6) is 0 Å². The molecule has 4 nitrogen and oxygen atoms in total. The fourth-order valence-corrected chi connectivity index (χ4v) is 4.92. The first-order chi connectivity index (χ1) is 13.6. The van der Waals surface area contributed by atoms with E-state index in [1.807, 2.05) is 11.7 Å². The van der Waals surface area contributed by atoms with Gasteiger partial charge >= 0.3 is 0 Å². The van der Waals surface area contributed by atoms with Crippen LogP contribution in [0.1, 0.15) is 43.7 Å². The van der Waals surface area contributed by atoms with Crippen molar-refractivity contribution in [3.63, 3.8) is 0 Å². The third-order valence-electron chi connectivity index (χ3n) is 6.03. The number of rotatable bonds is 7. The maximum atomic E-state index is 4.72. The van der Waals surface area contributed by atoms with Gasteiger partial charge in [0.15, 0.2) is 5.82 Å². The van der Waals surface area contributed by atoms with E-state index in [0.717, 1.165) is 35.2 Å². The molecule has 0 amide bonds. The summed E-state index contributed by atoms with van der Waals surface area (Å²) in [6.07, 6.45) is 9.21. The second-order valence-corrected chi connectivity index (χ2v) is 8.37. The van der Waals surface area contributed by atoms with E-state index in [1.165, 1.54) is 42.1 Å². The second-order valence-electron chi connectivity index (χ2n) is 7.92. The van der Waals surface area contributed by atoms with E-state index >= 15 is 0 Å². The van der Waals surface area contributed by atoms with Gasteiger partial charge in [-0.15, -0.1) is 0 Å². The minimum atomic E-state index is 0.489. The van der Waals surface area contributed by atoms with Crippen LogP contribution in [0.25, 0.3) is 16.5 Å². The number of anilines is 1. The van der Waals surface area contributed by atoms with Crippen molar-refractivity contribution in [2.45, 2.75) is 45.2 Å². The first-order valence-corrected chi connectivity index (χ1v) is 10.9. The zero-order chi connectivity index (χ0) is 19.7. The number of hydrogen-bond acceptors (Lipinski definition) is 3. The Morgan fingerprint density at radius 3 is 2.86 bits per heavy atom. The van der Waals surface area contributed by atoms with Crippen molar-refractivity contribution in [1.29, 1.82) is 0 Å². The standard InChI is InChI=1S/C23H30N4S/c1-4-27-15-20(19-7-5-6-8-22(19)27)16(2)21-14-26(3)25-23(21)24-18-10-9-17(13-18)11-12-28/h5-8,14-15,17-18,28H,2,4,9-13H2,1,3H3,(H,24,25). The summed E-state index contributed by atoms with van der Waals surface area (Å²) in [5.41, 5.74) is 4.57. The van der Waals surface area contributed by atoms with Gasteiger partial charge in [0.05, 0.1) is 0 Å². The predicted octanol–water partition coefficient (Wildman–Crippen LogP) is 5.36. The summed E-state index contributed by atoms with van der Waals surface area (Å²) in [7, 11) is 1.98. The zero-order valence-corrected chi connectivity index (χ0v) is 17.8. The lowest BCUT2D eigenvalue weighted by Crippen LogP contribution is -2.17. The highest BCUT2D eigenvalue weighted by Gasteiger charge is 2.26. The molecule has 0 radical (unpaired) electrons. The topological polar surface area (TPSA) is 34.8 Å². The Morgan fingerprint density at radius 2 is 2.07 bits per heavy atom. The fraction of sp³-hybridized carbons (Fsp3) is 0.435. The van der Waals surface area contributed by atoms with Crippen molar-refractivity contribution < 1.29 is 0 Å². The Morgan fingerprint density at radius 1 is 1.25 bits per heavy atom. The summed E-state index contributed by atoms with van der Waals surface area (Å²) in [6.45, 7) is 7.59. The lowest BCUT2D eigenvalue weighted by Gasteiger charge is -2.14. The molecule has 0 aliphatic heterocycles. The van der Waals surface area contributed by atoms with Crippen LogP contribution in [0, 0.1) is 5.92 Å². The SMILES string of the molecule is C=C(c1cn(C)nc1NC1CCC(CCS)C1)c1cn(CC)c2ccccc12. The Kier molecular flexibility index (Phi) is 5.54. The second kappa shape index (κ2) is 8.08. The molecule has 2 heterocycles. The minimum absolute atomic E-state index is 0.489. The molecule has 4 rings (SSSR count). The molecule has 5 heteroatoms. The summed E-state index contributed by atoms with van der Waals surface area (Å²) in [6, 6.07) is 9.05. The molecular formula is C23H30N4S. The molecule has 28 heavy (non-hydrogen) atoms. The number of benzene rings is 1. The smallest absolute Gasteiger partial charge is 0.156 e. The van der Waals surface area contributed by atoms with Gasteiger partial charge in [0.2, 0.25) is 0 Å². The molecule has 0 spiro atoms. The summed E-state index contributed by atoms with van der Waals surface area (Å²) >= 11 is 4.40. The quantitative estimate of drug-likeness (QED) is 0.529. The molecule has 2 unspecified atom stereocenters. The molecule has 0 bridgehead atoms. The van der Waals surface area contributed by atoms with Gasteiger partial charge in [0.1, 0.15) is 0 Å². The molecule has 1 aliphatic rings. The summed E-state index contributed by atoms with van der Waals surface area (Å²) < 4.78 is 4.18. The van der Waals surface area contributed by atoms with Gasteiger partial charge in [-0.2, -0.15) is 17.7 Å². The van der Waals surface area contributed by atoms with E-state index in [9.17, 15) is 0 Å². The van der Waals surface area contributed by atoms with Gasteiger partial charge in [-0.25, -0.2) is 0 Å². The number of hydrogen-bond donors (Lipinski definition) is 2. The molecule has 1 saturated carbocycles. The number of aromatic nitrogens is 3. The molecular weight excluding hydrogens is 364 g/mol. The summed E-state index contributed by atoms with van der Waals surface area (Å²) in [5, 5.41) is 9.68. The van der Waals surface area contributed by atoms with Crippen LogP contribution in [-0.4, -0.2) is 26.1 Å². The van der Waals surface area contributed by atoms with Gasteiger partial charge in [-0.05, 0) is 55.9 Å². The van der Waals surface area contributed by atoms with Crippen LogP contribution < -0.4 is 5.32 Å². The van der Waals surface area contributed by atoms with Crippen molar-refractivity contribution >= 4 is 34.9 Å². The predicted molar refractivity (Wildman–Crippen MR) is 122 cm³/mol. The number of aryl methyl sites for hydroxylation is 2. The summed E-state index contributed by atoms with van der Waals surface area (Å²) in [5.74, 6) is 2.72. The molecule has 1 fully saturated rings. The van der Waals surface area contributed by atoms with Crippen molar-refractivity contribution in [3.05, 3.63) is 54.4 Å². The molecule has 148 valence electrons. The van der Waals surface area contributed by atoms with Gasteiger partial charge in [0, 0.05) is 54.1 Å². The lowest BCUT2D eigenvalue weighted by molar-refractivity contribution is 0.529. The van der Waals surface area contributed by atoms with Crippen LogP contribution in [0.4, 0.5) is 5.82 Å². The monoisotopic (exact) mass is 394 g/mol. The largest absolute Gasteiger partial charge is 0.365 e. The molecule has 3 aromatic rings. The average molecular weight is 395 g/mol. The van der Waals surface area contributed by atoms with Gasteiger partial charge in [-0.1, -0.05) is 24.8 Å². The van der Waals surface area contributed by atoms with E-state index < -0.39 is 0 Å². The Bertz CT molecular complexity index is 984. The van der Waals surface area contributed by atoms with Crippen LogP contribution in [0.15, 0.2) is 43.2 Å². The van der Waals surface area contributed by atoms with Crippen LogP contribution >= 0.6 is 12.6 Å². The van der Waals surface area contributed by atoms with Crippen molar-refractivity contribution in [3.8, 4) is 0 Å². The number of para-hydroxylation sites is 1. The van der Waals surface area contributed by atoms with E-state index in [1.54, 1.807) is 0 Å². The molecule has 2 aromatic heterocycles. The van der Waals surface area contributed by atoms with Crippen molar-refractivity contribution in [1.82, 2.24) is 14.3 Å². The van der Waals surface area contributed by atoms with E-state index in [2.05, 4.69) is 72.7 Å². The van der Waals surface area contributed by atoms with E-state index in [-0.39, 0.29) is 0 Å². The number of thiol groups is 1. The number of nitrogens with one attached hydrogen (secondary N) is 1. The van der Waals surface area contributed by atoms with Crippen LogP contribution in [0.3, 0.4) is 0 Å². The first-order valence-electron chi connectivity index (χ1n) is 10.3. The Labute approximate surface area is 173 Å². The molecule has 2 atom stereocenters. The number of fused-ring (bicyclic) bond motifs is 1. The Hall–Kier alpha value is -2.14. The molecule has 1 N–H and O–H groups in total. The maximum Gasteiger partial charge on any atom is 0.156 e. The third-order valence-corrected chi connectivity index (χ3v) is 6.29. The van der Waals surface area contributed by atoms with E-state index in [4.69, 9.17) is 5.10 Å². The highest BCUT2D eigenvalue weighted by Crippen LogP contribution is 2.36. The van der Waals surface area contributed by atoms with Gasteiger partial charge in [0.25, 0.3) is 0 Å². The normalized spacial score (nSPS) is 19.4. The van der Waals surface area contributed by atoms with Crippen molar-refractivity contribution in [2.75, 3.05) is 11.1 Å². The highest BCUT2D eigenvalue weighted by molar-refractivity contribution is 7.80. The number of nitrogens with zero attached hydrogens (tertiary/aromatic N) is 3. The van der Waals surface area contributed by atoms with Gasteiger partial charge in [-0.3, -0.25) is 4.68 Å². The molecule has 1 aromatic carbocycles. The van der Waals surface area contributed by atoms with Crippen molar-refractivity contribution in [2.24, 2.45) is 13.0 Å². The lowest BCUT2D eigenvalue weighted by atomic mass is 10.0. The molecule has 0 saturated heterocycles. The third kappa shape index (κ3) is 3.60. The first kappa shape index (κ1) is 19.2. The van der Waals surface area contributed by atoms with Crippen LogP contribution in [0.2, 0.25) is 0 Å². The van der Waals surface area contributed by atoms with E-state index in [0.29, 0.717) is 6.04 Å². The maximum absolute atomic E-state index is 4.72. The Balaban J connectivity index is 1.63. The minimum Gasteiger partial charge on any atom is -0.365 e. The average Bonchev–Trinajstić information content (AvgIpc) is 3.39.